The maximum absolute atomic E-state index is 12.9. The summed E-state index contributed by atoms with van der Waals surface area (Å²) in [5, 5.41) is 3.14. The predicted octanol–water partition coefficient (Wildman–Crippen LogP) is 2.95. The van der Waals surface area contributed by atoms with Gasteiger partial charge in [0.25, 0.3) is 0 Å². The maximum atomic E-state index is 12.9. The van der Waals surface area contributed by atoms with Gasteiger partial charge in [0.05, 0.1) is 10.8 Å². The lowest BCUT2D eigenvalue weighted by molar-refractivity contribution is -0.142. The highest BCUT2D eigenvalue weighted by molar-refractivity contribution is 7.16. The first kappa shape index (κ1) is 22.9. The Kier molecular flexibility index (Phi) is 8.53. The smallest absolute Gasteiger partial charge is 0.230 e. The molecule has 0 unspecified atom stereocenters. The summed E-state index contributed by atoms with van der Waals surface area (Å²) in [6, 6.07) is 2.07. The van der Waals surface area contributed by atoms with Crippen molar-refractivity contribution < 1.29 is 4.79 Å². The Balaban J connectivity index is 0.00000169. The molecule has 1 aliphatic rings. The van der Waals surface area contributed by atoms with E-state index in [9.17, 15) is 4.79 Å². The van der Waals surface area contributed by atoms with Crippen molar-refractivity contribution in [1.82, 2.24) is 14.9 Å². The second-order valence-corrected chi connectivity index (χ2v) is 7.20. The topological polar surface area (TPSA) is 75.4 Å². The number of amides is 1. The molecule has 3 rings (SSSR count). The number of carbonyl (C=O) groups excluding carboxylic acids is 1. The number of hydrogen-bond acceptors (Lipinski definition) is 6. The molecule has 0 bridgehead atoms. The number of nitrogens with two attached hydrogens (primary N) is 1. The van der Waals surface area contributed by atoms with Crippen LogP contribution in [0, 0.1) is 5.41 Å². The third-order valence-electron chi connectivity index (χ3n) is 5.31. The molecule has 0 aliphatic carbocycles. The number of halogens is 2. The third kappa shape index (κ3) is 4.06. The Morgan fingerprint density at radius 3 is 2.42 bits per heavy atom. The lowest BCUT2D eigenvalue weighted by Crippen LogP contribution is -2.55. The molecular formula is C17H27Cl2N5OS. The molecular weight excluding hydrogens is 393 g/mol. The first-order valence-corrected chi connectivity index (χ1v) is 9.45. The van der Waals surface area contributed by atoms with E-state index in [4.69, 9.17) is 5.73 Å². The average Bonchev–Trinajstić information content (AvgIpc) is 3.12. The van der Waals surface area contributed by atoms with Crippen molar-refractivity contribution >= 4 is 58.1 Å². The van der Waals surface area contributed by atoms with Crippen LogP contribution in [-0.4, -0.2) is 53.5 Å². The van der Waals surface area contributed by atoms with Crippen LogP contribution < -0.4 is 10.6 Å². The molecule has 2 N–H and O–H groups in total. The second-order valence-electron chi connectivity index (χ2n) is 6.31. The minimum absolute atomic E-state index is 0. The molecule has 1 aliphatic heterocycles. The number of rotatable bonds is 5. The maximum Gasteiger partial charge on any atom is 0.230 e. The molecule has 1 fully saturated rings. The number of carbonyl (C=O) groups is 1. The van der Waals surface area contributed by atoms with Gasteiger partial charge >= 0.3 is 0 Å². The molecule has 3 heterocycles. The fourth-order valence-electron chi connectivity index (χ4n) is 3.41. The molecule has 0 spiro atoms. The van der Waals surface area contributed by atoms with Gasteiger partial charge in [0, 0.05) is 32.7 Å². The molecule has 2 aromatic heterocycles. The Morgan fingerprint density at radius 2 is 1.85 bits per heavy atom. The van der Waals surface area contributed by atoms with Gasteiger partial charge in [-0.05, 0) is 24.3 Å². The fourth-order valence-corrected chi connectivity index (χ4v) is 4.14. The normalized spacial score (nSPS) is 14.7. The summed E-state index contributed by atoms with van der Waals surface area (Å²) in [7, 11) is 0. The van der Waals surface area contributed by atoms with Crippen LogP contribution in [0.3, 0.4) is 0 Å². The Bertz CT molecular complexity index is 706. The third-order valence-corrected chi connectivity index (χ3v) is 6.13. The minimum Gasteiger partial charge on any atom is -0.352 e. The average molecular weight is 420 g/mol. The van der Waals surface area contributed by atoms with Gasteiger partial charge in [-0.1, -0.05) is 13.8 Å². The number of thiophene rings is 1. The number of piperazine rings is 1. The molecule has 6 nitrogen and oxygen atoms in total. The van der Waals surface area contributed by atoms with E-state index in [1.807, 2.05) is 10.3 Å². The molecule has 9 heteroatoms. The molecule has 0 radical (unpaired) electrons. The van der Waals surface area contributed by atoms with Gasteiger partial charge in [0.2, 0.25) is 5.91 Å². The van der Waals surface area contributed by atoms with Crippen LogP contribution in [0.15, 0.2) is 17.8 Å². The zero-order chi connectivity index (χ0) is 17.2. The summed E-state index contributed by atoms with van der Waals surface area (Å²) in [4.78, 5) is 26.9. The van der Waals surface area contributed by atoms with Crippen LogP contribution in [0.1, 0.15) is 26.7 Å². The molecule has 0 atom stereocenters. The van der Waals surface area contributed by atoms with Crippen LogP contribution in [0.4, 0.5) is 5.82 Å². The van der Waals surface area contributed by atoms with Crippen molar-refractivity contribution in [3.8, 4) is 0 Å². The summed E-state index contributed by atoms with van der Waals surface area (Å²) < 4.78 is 0. The van der Waals surface area contributed by atoms with Crippen molar-refractivity contribution in [3.63, 3.8) is 0 Å². The Labute approximate surface area is 171 Å². The zero-order valence-corrected chi connectivity index (χ0v) is 17.6. The number of fused-ring (bicyclic) bond motifs is 1. The van der Waals surface area contributed by atoms with Gasteiger partial charge in [-0.25, -0.2) is 9.97 Å². The van der Waals surface area contributed by atoms with E-state index in [2.05, 4.69) is 34.8 Å². The molecule has 1 amide bonds. The first-order chi connectivity index (χ1) is 11.6. The van der Waals surface area contributed by atoms with Crippen LogP contribution in [0.2, 0.25) is 0 Å². The van der Waals surface area contributed by atoms with E-state index >= 15 is 0 Å². The summed E-state index contributed by atoms with van der Waals surface area (Å²) in [5.41, 5.74) is 5.53. The standard InChI is InChI=1S/C17H25N5OS.2ClH/c1-3-17(4-2,11-18)16(23)22-8-6-21(7-9-22)14-13-5-10-24-15(13)20-12-19-14;;/h5,10,12H,3-4,6-9,11,18H2,1-2H3;2*1H. The number of anilines is 1. The van der Waals surface area contributed by atoms with Crippen molar-refractivity contribution in [2.24, 2.45) is 11.1 Å². The predicted molar refractivity (Wildman–Crippen MR) is 113 cm³/mol. The largest absolute Gasteiger partial charge is 0.352 e. The van der Waals surface area contributed by atoms with Gasteiger partial charge in [-0.2, -0.15) is 0 Å². The van der Waals surface area contributed by atoms with Crippen molar-refractivity contribution in [3.05, 3.63) is 17.8 Å². The second kappa shape index (κ2) is 9.69. The quantitative estimate of drug-likeness (QED) is 0.805. The zero-order valence-electron chi connectivity index (χ0n) is 15.2. The van der Waals surface area contributed by atoms with E-state index in [-0.39, 0.29) is 30.7 Å². The lowest BCUT2D eigenvalue weighted by atomic mass is 9.81. The number of nitrogens with zero attached hydrogens (tertiary/aromatic N) is 4. The van der Waals surface area contributed by atoms with E-state index in [1.165, 1.54) is 0 Å². The van der Waals surface area contributed by atoms with Crippen LogP contribution in [0.5, 0.6) is 0 Å². The Morgan fingerprint density at radius 1 is 1.19 bits per heavy atom. The highest BCUT2D eigenvalue weighted by atomic mass is 35.5. The number of aromatic nitrogens is 2. The lowest BCUT2D eigenvalue weighted by Gasteiger charge is -2.40. The first-order valence-electron chi connectivity index (χ1n) is 8.57. The minimum atomic E-state index is -0.405. The molecule has 146 valence electrons. The molecule has 0 aromatic carbocycles. The van der Waals surface area contributed by atoms with Gasteiger partial charge in [0.15, 0.2) is 0 Å². The van der Waals surface area contributed by atoms with Gasteiger partial charge in [0.1, 0.15) is 17.0 Å². The van der Waals surface area contributed by atoms with Crippen molar-refractivity contribution in [1.29, 1.82) is 0 Å². The monoisotopic (exact) mass is 419 g/mol. The van der Waals surface area contributed by atoms with Gasteiger partial charge in [-0.15, -0.1) is 36.2 Å². The summed E-state index contributed by atoms with van der Waals surface area (Å²) in [5.74, 6) is 1.18. The molecule has 1 saturated heterocycles. The molecule has 2 aromatic rings. The van der Waals surface area contributed by atoms with Gasteiger partial charge < -0.3 is 15.5 Å². The molecule has 0 saturated carbocycles. The van der Waals surface area contributed by atoms with E-state index < -0.39 is 5.41 Å². The summed E-state index contributed by atoms with van der Waals surface area (Å²) >= 11 is 1.63. The number of hydrogen-bond donors (Lipinski definition) is 1. The van der Waals surface area contributed by atoms with Crippen molar-refractivity contribution in [2.75, 3.05) is 37.6 Å². The fraction of sp³-hybridized carbons (Fsp3) is 0.588. The van der Waals surface area contributed by atoms with E-state index in [0.29, 0.717) is 6.54 Å². The van der Waals surface area contributed by atoms with E-state index in [0.717, 1.165) is 55.1 Å². The Hall–Kier alpha value is -1.15. The van der Waals surface area contributed by atoms with Gasteiger partial charge in [-0.3, -0.25) is 4.79 Å². The molecule has 26 heavy (non-hydrogen) atoms. The van der Waals surface area contributed by atoms with Crippen molar-refractivity contribution in [2.45, 2.75) is 26.7 Å². The van der Waals surface area contributed by atoms with Crippen LogP contribution >= 0.6 is 36.2 Å². The highest BCUT2D eigenvalue weighted by Gasteiger charge is 2.38. The highest BCUT2D eigenvalue weighted by Crippen LogP contribution is 2.30. The van der Waals surface area contributed by atoms with E-state index in [1.54, 1.807) is 17.7 Å². The van der Waals surface area contributed by atoms with Crippen LogP contribution in [-0.2, 0) is 4.79 Å². The van der Waals surface area contributed by atoms with Crippen LogP contribution in [0.25, 0.3) is 10.2 Å². The SMILES string of the molecule is CCC(CC)(CN)C(=O)N1CCN(c2ncnc3sccc23)CC1.Cl.Cl. The summed E-state index contributed by atoms with van der Waals surface area (Å²) in [6.45, 7) is 7.55. The summed E-state index contributed by atoms with van der Waals surface area (Å²) in [6.07, 6.45) is 3.21.